The highest BCUT2D eigenvalue weighted by atomic mass is 16.1. The van der Waals surface area contributed by atoms with Crippen LogP contribution in [-0.4, -0.2) is 36.5 Å². The summed E-state index contributed by atoms with van der Waals surface area (Å²) in [6.45, 7) is 7.26. The molecule has 13 heavy (non-hydrogen) atoms. The van der Waals surface area contributed by atoms with Gasteiger partial charge in [-0.2, -0.15) is 0 Å². The van der Waals surface area contributed by atoms with Crippen LogP contribution < -0.4 is 5.32 Å². The lowest BCUT2D eigenvalue weighted by Gasteiger charge is -2.23. The molecule has 0 bridgehead atoms. The predicted molar refractivity (Wildman–Crippen MR) is 53.6 cm³/mol. The van der Waals surface area contributed by atoms with Gasteiger partial charge in [0.1, 0.15) is 0 Å². The summed E-state index contributed by atoms with van der Waals surface area (Å²) in [5, 5.41) is 2.93. The molecule has 0 aliphatic carbocycles. The monoisotopic (exact) mass is 184 g/mol. The molecule has 1 aliphatic rings. The Morgan fingerprint density at radius 2 is 2.08 bits per heavy atom. The van der Waals surface area contributed by atoms with Crippen LogP contribution >= 0.6 is 0 Å². The third kappa shape index (κ3) is 3.35. The third-order valence-electron chi connectivity index (χ3n) is 2.68. The summed E-state index contributed by atoms with van der Waals surface area (Å²) in [5.41, 5.74) is 0. The Balaban J connectivity index is 2.16. The van der Waals surface area contributed by atoms with Crippen molar-refractivity contribution in [2.45, 2.75) is 39.2 Å². The van der Waals surface area contributed by atoms with Gasteiger partial charge in [-0.05, 0) is 32.9 Å². The van der Waals surface area contributed by atoms with E-state index in [4.69, 9.17) is 0 Å². The van der Waals surface area contributed by atoms with Crippen molar-refractivity contribution in [3.63, 3.8) is 0 Å². The molecule has 1 rings (SSSR count). The topological polar surface area (TPSA) is 32.3 Å². The average molecular weight is 184 g/mol. The number of hydrogen-bond donors (Lipinski definition) is 1. The Hall–Kier alpha value is -0.570. The molecule has 1 saturated heterocycles. The molecular formula is C10H20N2O. The molecule has 1 heterocycles. The van der Waals surface area contributed by atoms with Crippen molar-refractivity contribution in [3.05, 3.63) is 0 Å². The van der Waals surface area contributed by atoms with Crippen molar-refractivity contribution in [2.75, 3.05) is 19.6 Å². The van der Waals surface area contributed by atoms with Gasteiger partial charge < -0.3 is 5.32 Å². The van der Waals surface area contributed by atoms with E-state index in [2.05, 4.69) is 17.1 Å². The van der Waals surface area contributed by atoms with Gasteiger partial charge in [-0.25, -0.2) is 0 Å². The Labute approximate surface area is 80.5 Å². The zero-order valence-corrected chi connectivity index (χ0v) is 8.68. The van der Waals surface area contributed by atoms with Gasteiger partial charge in [0, 0.05) is 19.0 Å². The predicted octanol–water partition coefficient (Wildman–Crippen LogP) is 0.997. The van der Waals surface area contributed by atoms with E-state index < -0.39 is 0 Å². The molecule has 0 aromatic carbocycles. The van der Waals surface area contributed by atoms with Crippen LogP contribution in [0.2, 0.25) is 0 Å². The van der Waals surface area contributed by atoms with Gasteiger partial charge in [0.2, 0.25) is 5.91 Å². The molecule has 3 nitrogen and oxygen atoms in total. The highest BCUT2D eigenvalue weighted by Crippen LogP contribution is 2.10. The van der Waals surface area contributed by atoms with Crippen LogP contribution in [0.4, 0.5) is 0 Å². The molecule has 1 N–H and O–H groups in total. The van der Waals surface area contributed by atoms with Crippen LogP contribution in [-0.2, 0) is 4.79 Å². The molecule has 0 saturated carbocycles. The van der Waals surface area contributed by atoms with Gasteiger partial charge in [0.05, 0.1) is 0 Å². The maximum Gasteiger partial charge on any atom is 0.219 e. The van der Waals surface area contributed by atoms with Crippen molar-refractivity contribution in [1.29, 1.82) is 0 Å². The first-order chi connectivity index (χ1) is 6.24. The molecule has 1 fully saturated rings. The second kappa shape index (κ2) is 5.22. The van der Waals surface area contributed by atoms with E-state index in [1.807, 2.05) is 6.92 Å². The number of carbonyl (C=O) groups is 1. The molecule has 0 spiro atoms. The highest BCUT2D eigenvalue weighted by Gasteiger charge is 2.17. The minimum atomic E-state index is 0.158. The van der Waals surface area contributed by atoms with E-state index in [1.165, 1.54) is 25.9 Å². The second-order valence-electron chi connectivity index (χ2n) is 3.75. The maximum atomic E-state index is 11.0. The fourth-order valence-electron chi connectivity index (χ4n) is 1.70. The maximum absolute atomic E-state index is 11.0. The first-order valence-corrected chi connectivity index (χ1v) is 5.24. The van der Waals surface area contributed by atoms with E-state index in [1.54, 1.807) is 0 Å². The zero-order valence-electron chi connectivity index (χ0n) is 8.68. The van der Waals surface area contributed by atoms with E-state index >= 15 is 0 Å². The standard InChI is InChI=1S/C10H20N2O/c1-3-10(13)11-8-9(2)12-6-4-5-7-12/h9H,3-8H2,1-2H3,(H,11,13). The Morgan fingerprint density at radius 3 is 2.62 bits per heavy atom. The van der Waals surface area contributed by atoms with Gasteiger partial charge in [-0.15, -0.1) is 0 Å². The molecule has 0 radical (unpaired) electrons. The first-order valence-electron chi connectivity index (χ1n) is 5.24. The number of carbonyl (C=O) groups excluding carboxylic acids is 1. The Morgan fingerprint density at radius 1 is 1.46 bits per heavy atom. The third-order valence-corrected chi connectivity index (χ3v) is 2.68. The lowest BCUT2D eigenvalue weighted by Crippen LogP contribution is -2.40. The van der Waals surface area contributed by atoms with Crippen LogP contribution in [0.25, 0.3) is 0 Å². The van der Waals surface area contributed by atoms with Crippen LogP contribution in [0.15, 0.2) is 0 Å². The number of hydrogen-bond acceptors (Lipinski definition) is 2. The molecule has 1 amide bonds. The van der Waals surface area contributed by atoms with E-state index in [-0.39, 0.29) is 5.91 Å². The second-order valence-corrected chi connectivity index (χ2v) is 3.75. The van der Waals surface area contributed by atoms with Crippen molar-refractivity contribution < 1.29 is 4.79 Å². The van der Waals surface area contributed by atoms with Gasteiger partial charge in [0.25, 0.3) is 0 Å². The van der Waals surface area contributed by atoms with Crippen LogP contribution in [0.5, 0.6) is 0 Å². The quantitative estimate of drug-likeness (QED) is 0.707. The molecule has 0 aromatic rings. The summed E-state index contributed by atoms with van der Waals surface area (Å²) in [7, 11) is 0. The molecule has 76 valence electrons. The number of amides is 1. The molecule has 1 aliphatic heterocycles. The van der Waals surface area contributed by atoms with E-state index in [0.29, 0.717) is 12.5 Å². The lowest BCUT2D eigenvalue weighted by atomic mass is 10.3. The van der Waals surface area contributed by atoms with Crippen molar-refractivity contribution in [3.8, 4) is 0 Å². The van der Waals surface area contributed by atoms with Gasteiger partial charge in [-0.1, -0.05) is 6.92 Å². The van der Waals surface area contributed by atoms with Gasteiger partial charge >= 0.3 is 0 Å². The molecule has 1 atom stereocenters. The minimum absolute atomic E-state index is 0.158. The summed E-state index contributed by atoms with van der Waals surface area (Å²) in [6.07, 6.45) is 3.21. The Bertz CT molecular complexity index is 164. The SMILES string of the molecule is CCC(=O)NCC(C)N1CCCC1. The summed E-state index contributed by atoms with van der Waals surface area (Å²) < 4.78 is 0. The molecular weight excluding hydrogens is 164 g/mol. The van der Waals surface area contributed by atoms with E-state index in [9.17, 15) is 4.79 Å². The van der Waals surface area contributed by atoms with E-state index in [0.717, 1.165) is 6.54 Å². The first kappa shape index (κ1) is 10.5. The van der Waals surface area contributed by atoms with Crippen LogP contribution in [0.1, 0.15) is 33.1 Å². The Kier molecular flexibility index (Phi) is 4.22. The van der Waals surface area contributed by atoms with Crippen LogP contribution in [0, 0.1) is 0 Å². The largest absolute Gasteiger partial charge is 0.355 e. The zero-order chi connectivity index (χ0) is 9.68. The lowest BCUT2D eigenvalue weighted by molar-refractivity contribution is -0.120. The fourth-order valence-corrected chi connectivity index (χ4v) is 1.70. The molecule has 0 aromatic heterocycles. The summed E-state index contributed by atoms with van der Waals surface area (Å²) in [6, 6.07) is 0.498. The van der Waals surface area contributed by atoms with Crippen molar-refractivity contribution in [2.24, 2.45) is 0 Å². The van der Waals surface area contributed by atoms with Crippen molar-refractivity contribution >= 4 is 5.91 Å². The highest BCUT2D eigenvalue weighted by molar-refractivity contribution is 5.75. The molecule has 3 heteroatoms. The number of nitrogens with zero attached hydrogens (tertiary/aromatic N) is 1. The number of rotatable bonds is 4. The smallest absolute Gasteiger partial charge is 0.219 e. The summed E-state index contributed by atoms with van der Waals surface area (Å²) >= 11 is 0. The number of likely N-dealkylation sites (tertiary alicyclic amines) is 1. The summed E-state index contributed by atoms with van der Waals surface area (Å²) in [4.78, 5) is 13.4. The van der Waals surface area contributed by atoms with Gasteiger partial charge in [0.15, 0.2) is 0 Å². The number of nitrogens with one attached hydrogen (secondary N) is 1. The summed E-state index contributed by atoms with van der Waals surface area (Å²) in [5.74, 6) is 0.158. The fraction of sp³-hybridized carbons (Fsp3) is 0.900. The minimum Gasteiger partial charge on any atom is -0.355 e. The average Bonchev–Trinajstić information content (AvgIpc) is 2.66. The van der Waals surface area contributed by atoms with Gasteiger partial charge in [-0.3, -0.25) is 9.69 Å². The normalized spacial score (nSPS) is 20.2. The van der Waals surface area contributed by atoms with Crippen LogP contribution in [0.3, 0.4) is 0 Å². The molecule has 1 unspecified atom stereocenters. The van der Waals surface area contributed by atoms with Crippen molar-refractivity contribution in [1.82, 2.24) is 10.2 Å².